The predicted molar refractivity (Wildman–Crippen MR) is 76.7 cm³/mol. The lowest BCUT2D eigenvalue weighted by molar-refractivity contribution is -0.121. The summed E-state index contributed by atoms with van der Waals surface area (Å²) in [6.07, 6.45) is 2.67. The Morgan fingerprint density at radius 1 is 1.39 bits per heavy atom. The second kappa shape index (κ2) is 4.87. The molecule has 18 heavy (non-hydrogen) atoms. The van der Waals surface area contributed by atoms with Gasteiger partial charge in [0.1, 0.15) is 0 Å². The molecule has 0 heterocycles. The molecule has 0 bridgehead atoms. The molecule has 5 heteroatoms. The van der Waals surface area contributed by atoms with Crippen molar-refractivity contribution >= 4 is 40.2 Å². The summed E-state index contributed by atoms with van der Waals surface area (Å²) in [6, 6.07) is 4.84. The van der Waals surface area contributed by atoms with Crippen molar-refractivity contribution < 1.29 is 14.7 Å². The normalized spacial score (nSPS) is 16.1. The summed E-state index contributed by atoms with van der Waals surface area (Å²) in [6.45, 7) is 2.00. The number of hydrogen-bond acceptors (Lipinski definition) is 2. The van der Waals surface area contributed by atoms with Crippen molar-refractivity contribution in [2.24, 2.45) is 5.41 Å². The maximum atomic E-state index is 12.1. The number of rotatable bonds is 4. The highest BCUT2D eigenvalue weighted by molar-refractivity contribution is 14.1. The van der Waals surface area contributed by atoms with Gasteiger partial charge in [0.15, 0.2) is 0 Å². The minimum Gasteiger partial charge on any atom is -0.478 e. The number of anilines is 1. The van der Waals surface area contributed by atoms with E-state index in [4.69, 9.17) is 5.11 Å². The van der Waals surface area contributed by atoms with E-state index in [2.05, 4.69) is 5.32 Å². The smallest absolute Gasteiger partial charge is 0.335 e. The summed E-state index contributed by atoms with van der Waals surface area (Å²) in [5, 5.41) is 11.8. The average molecular weight is 359 g/mol. The minimum absolute atomic E-state index is 0.00309. The highest BCUT2D eigenvalue weighted by Crippen LogP contribution is 2.49. The summed E-state index contributed by atoms with van der Waals surface area (Å²) < 4.78 is 0.796. The first-order valence-electron chi connectivity index (χ1n) is 5.82. The van der Waals surface area contributed by atoms with Crippen molar-refractivity contribution in [1.82, 2.24) is 0 Å². The predicted octanol–water partition coefficient (Wildman–Crippen LogP) is 3.12. The molecule has 0 aliphatic heterocycles. The van der Waals surface area contributed by atoms with Gasteiger partial charge in [0.2, 0.25) is 5.91 Å². The first-order chi connectivity index (χ1) is 8.47. The van der Waals surface area contributed by atoms with Crippen LogP contribution in [0.4, 0.5) is 5.69 Å². The van der Waals surface area contributed by atoms with Crippen LogP contribution < -0.4 is 5.32 Å². The summed E-state index contributed by atoms with van der Waals surface area (Å²) in [7, 11) is 0. The zero-order valence-electron chi connectivity index (χ0n) is 10.00. The van der Waals surface area contributed by atoms with Crippen molar-refractivity contribution in [1.29, 1.82) is 0 Å². The van der Waals surface area contributed by atoms with Crippen LogP contribution in [0.2, 0.25) is 0 Å². The molecule has 4 nitrogen and oxygen atoms in total. The molecule has 96 valence electrons. The van der Waals surface area contributed by atoms with Crippen LogP contribution in [0.25, 0.3) is 0 Å². The molecule has 1 aromatic carbocycles. The van der Waals surface area contributed by atoms with Crippen molar-refractivity contribution in [3.63, 3.8) is 0 Å². The largest absolute Gasteiger partial charge is 0.478 e. The fraction of sp³-hybridized carbons (Fsp3) is 0.385. The second-order valence-corrected chi connectivity index (χ2v) is 5.87. The molecule has 0 saturated heterocycles. The number of halogens is 1. The first-order valence-corrected chi connectivity index (χ1v) is 6.90. The van der Waals surface area contributed by atoms with Gasteiger partial charge in [0.25, 0.3) is 0 Å². The fourth-order valence-corrected chi connectivity index (χ4v) is 2.61. The molecule has 2 N–H and O–H groups in total. The van der Waals surface area contributed by atoms with Crippen LogP contribution in [0, 0.1) is 8.99 Å². The van der Waals surface area contributed by atoms with Gasteiger partial charge in [-0.3, -0.25) is 4.79 Å². The summed E-state index contributed by atoms with van der Waals surface area (Å²) in [5.74, 6) is -0.982. The van der Waals surface area contributed by atoms with E-state index in [1.807, 2.05) is 29.5 Å². The lowest BCUT2D eigenvalue weighted by atomic mass is 10.0. The molecule has 0 atom stereocenters. The van der Waals surface area contributed by atoms with Gasteiger partial charge in [-0.15, -0.1) is 0 Å². The van der Waals surface area contributed by atoms with Gasteiger partial charge < -0.3 is 10.4 Å². The number of carbonyl (C=O) groups is 2. The summed E-state index contributed by atoms with van der Waals surface area (Å²) >= 11 is 2.04. The van der Waals surface area contributed by atoms with Gasteiger partial charge >= 0.3 is 5.97 Å². The Kier molecular flexibility index (Phi) is 3.61. The van der Waals surface area contributed by atoms with Gasteiger partial charge in [-0.05, 0) is 60.1 Å². The van der Waals surface area contributed by atoms with Crippen LogP contribution in [0.15, 0.2) is 18.2 Å². The Bertz CT molecular complexity index is 509. The van der Waals surface area contributed by atoms with Crippen LogP contribution in [0.3, 0.4) is 0 Å². The van der Waals surface area contributed by atoms with E-state index in [0.29, 0.717) is 5.69 Å². The Balaban J connectivity index is 2.19. The molecule has 1 aliphatic rings. The van der Waals surface area contributed by atoms with Crippen LogP contribution in [-0.2, 0) is 4.79 Å². The molecule has 1 fully saturated rings. The molecule has 1 aliphatic carbocycles. The number of carboxylic acid groups (broad SMARTS) is 1. The average Bonchev–Trinajstić information content (AvgIpc) is 3.08. The van der Waals surface area contributed by atoms with Crippen LogP contribution in [0.1, 0.15) is 36.5 Å². The lowest BCUT2D eigenvalue weighted by Gasteiger charge is -2.13. The number of aromatic carboxylic acids is 1. The monoisotopic (exact) mass is 359 g/mol. The van der Waals surface area contributed by atoms with E-state index < -0.39 is 5.97 Å². The highest BCUT2D eigenvalue weighted by atomic mass is 127. The van der Waals surface area contributed by atoms with Crippen molar-refractivity contribution in [2.75, 3.05) is 5.32 Å². The molecular formula is C13H14INO3. The van der Waals surface area contributed by atoms with Gasteiger partial charge in [-0.2, -0.15) is 0 Å². The number of amides is 1. The van der Waals surface area contributed by atoms with E-state index >= 15 is 0 Å². The van der Waals surface area contributed by atoms with Crippen molar-refractivity contribution in [3.05, 3.63) is 27.3 Å². The third kappa shape index (κ3) is 2.66. The maximum absolute atomic E-state index is 12.1. The van der Waals surface area contributed by atoms with E-state index in [9.17, 15) is 9.59 Å². The zero-order chi connectivity index (χ0) is 13.3. The zero-order valence-corrected chi connectivity index (χ0v) is 12.2. The van der Waals surface area contributed by atoms with Crippen molar-refractivity contribution in [3.8, 4) is 0 Å². The maximum Gasteiger partial charge on any atom is 0.335 e. The Labute approximate surface area is 119 Å². The van der Waals surface area contributed by atoms with Gasteiger partial charge in [-0.1, -0.05) is 6.92 Å². The second-order valence-electron chi connectivity index (χ2n) is 4.62. The van der Waals surface area contributed by atoms with E-state index in [1.54, 1.807) is 12.1 Å². The van der Waals surface area contributed by atoms with Crippen LogP contribution >= 0.6 is 22.6 Å². The number of nitrogens with one attached hydrogen (secondary N) is 1. The van der Waals surface area contributed by atoms with Crippen LogP contribution in [-0.4, -0.2) is 17.0 Å². The quantitative estimate of drug-likeness (QED) is 0.812. The molecular weight excluding hydrogens is 345 g/mol. The topological polar surface area (TPSA) is 66.4 Å². The van der Waals surface area contributed by atoms with Gasteiger partial charge in [0.05, 0.1) is 5.56 Å². The SMILES string of the molecule is CCC1(C(=O)Nc2cc(I)cc(C(=O)O)c2)CC1. The van der Waals surface area contributed by atoms with E-state index in [-0.39, 0.29) is 16.9 Å². The first kappa shape index (κ1) is 13.3. The molecule has 1 amide bonds. The fourth-order valence-electron chi connectivity index (χ4n) is 1.94. The summed E-state index contributed by atoms with van der Waals surface area (Å²) in [4.78, 5) is 23.0. The standard InChI is InChI=1S/C13H14INO3/c1-2-13(3-4-13)12(18)15-10-6-8(11(16)17)5-9(14)7-10/h5-7H,2-4H2,1H3,(H,15,18)(H,16,17). The number of benzene rings is 1. The molecule has 0 unspecified atom stereocenters. The third-order valence-electron chi connectivity index (χ3n) is 3.41. The number of hydrogen-bond donors (Lipinski definition) is 2. The highest BCUT2D eigenvalue weighted by Gasteiger charge is 2.47. The molecule has 0 radical (unpaired) electrons. The van der Waals surface area contributed by atoms with Crippen molar-refractivity contribution in [2.45, 2.75) is 26.2 Å². The molecule has 1 aromatic rings. The molecule has 2 rings (SSSR count). The van der Waals surface area contributed by atoms with Gasteiger partial charge in [0, 0.05) is 14.7 Å². The molecule has 0 spiro atoms. The molecule has 1 saturated carbocycles. The van der Waals surface area contributed by atoms with E-state index in [0.717, 1.165) is 22.8 Å². The van der Waals surface area contributed by atoms with Crippen LogP contribution in [0.5, 0.6) is 0 Å². The lowest BCUT2D eigenvalue weighted by Crippen LogP contribution is -2.23. The number of carbonyl (C=O) groups excluding carboxylic acids is 1. The summed E-state index contributed by atoms with van der Waals surface area (Å²) in [5.41, 5.74) is 0.535. The minimum atomic E-state index is -0.986. The Morgan fingerprint density at radius 3 is 2.56 bits per heavy atom. The Hall–Kier alpha value is -1.11. The molecule has 0 aromatic heterocycles. The van der Waals surface area contributed by atoms with Gasteiger partial charge in [-0.25, -0.2) is 4.79 Å². The van der Waals surface area contributed by atoms with E-state index in [1.165, 1.54) is 6.07 Å². The third-order valence-corrected chi connectivity index (χ3v) is 4.04. The Morgan fingerprint density at radius 2 is 2.06 bits per heavy atom. The number of carboxylic acids is 1.